The third-order valence-corrected chi connectivity index (χ3v) is 4.31. The Balaban J connectivity index is 1.83. The number of likely N-dealkylation sites (tertiary alicyclic amines) is 1. The van der Waals surface area contributed by atoms with Crippen molar-refractivity contribution in [2.45, 2.75) is 32.2 Å². The Morgan fingerprint density at radius 3 is 3.05 bits per heavy atom. The molecular formula is C17H21N3O. The van der Waals surface area contributed by atoms with Crippen LogP contribution in [-0.4, -0.2) is 33.4 Å². The Hall–Kier alpha value is -2.10. The van der Waals surface area contributed by atoms with Gasteiger partial charge in [-0.2, -0.15) is 0 Å². The largest absolute Gasteiger partial charge is 0.339 e. The number of imidazole rings is 1. The van der Waals surface area contributed by atoms with Gasteiger partial charge in [-0.25, -0.2) is 4.98 Å². The number of fused-ring (bicyclic) bond motifs is 1. The Labute approximate surface area is 125 Å². The maximum atomic E-state index is 11.8. The van der Waals surface area contributed by atoms with E-state index in [1.54, 1.807) is 0 Å². The first-order chi connectivity index (χ1) is 10.2. The molecule has 1 unspecified atom stereocenters. The van der Waals surface area contributed by atoms with Gasteiger partial charge in [-0.1, -0.05) is 12.6 Å². The summed E-state index contributed by atoms with van der Waals surface area (Å²) >= 11 is 0. The van der Waals surface area contributed by atoms with E-state index in [2.05, 4.69) is 41.3 Å². The van der Waals surface area contributed by atoms with Crippen LogP contribution in [0, 0.1) is 6.92 Å². The van der Waals surface area contributed by atoms with E-state index < -0.39 is 0 Å². The van der Waals surface area contributed by atoms with Crippen molar-refractivity contribution >= 4 is 16.9 Å². The molecule has 2 heterocycles. The Kier molecular flexibility index (Phi) is 3.78. The number of benzene rings is 1. The fraction of sp³-hybridized carbons (Fsp3) is 0.412. The molecule has 3 rings (SSSR count). The first-order valence-electron chi connectivity index (χ1n) is 7.53. The van der Waals surface area contributed by atoms with Crippen LogP contribution in [0.1, 0.15) is 30.9 Å². The number of aryl methyl sites for hydroxylation is 1. The van der Waals surface area contributed by atoms with Crippen molar-refractivity contribution in [2.75, 3.05) is 13.1 Å². The average molecular weight is 283 g/mol. The van der Waals surface area contributed by atoms with E-state index in [0.717, 1.165) is 37.9 Å². The molecule has 1 aliphatic rings. The lowest BCUT2D eigenvalue weighted by atomic mass is 10.1. The number of amides is 1. The molecule has 21 heavy (non-hydrogen) atoms. The van der Waals surface area contributed by atoms with Gasteiger partial charge < -0.3 is 9.47 Å². The van der Waals surface area contributed by atoms with E-state index in [1.807, 2.05) is 11.2 Å². The summed E-state index contributed by atoms with van der Waals surface area (Å²) in [4.78, 5) is 18.2. The van der Waals surface area contributed by atoms with E-state index >= 15 is 0 Å². The second-order valence-electron chi connectivity index (χ2n) is 5.76. The van der Waals surface area contributed by atoms with Crippen molar-refractivity contribution in [3.8, 4) is 0 Å². The number of hydrogen-bond acceptors (Lipinski definition) is 2. The summed E-state index contributed by atoms with van der Waals surface area (Å²) in [6.07, 6.45) is 6.43. The molecule has 1 aromatic heterocycles. The predicted octanol–water partition coefficient (Wildman–Crippen LogP) is 3.08. The minimum Gasteiger partial charge on any atom is -0.339 e. The van der Waals surface area contributed by atoms with Crippen LogP contribution in [0.3, 0.4) is 0 Å². The summed E-state index contributed by atoms with van der Waals surface area (Å²) in [5.41, 5.74) is 3.48. The highest BCUT2D eigenvalue weighted by Crippen LogP contribution is 2.27. The summed E-state index contributed by atoms with van der Waals surface area (Å²) in [6.45, 7) is 7.28. The molecule has 1 aliphatic heterocycles. The van der Waals surface area contributed by atoms with Gasteiger partial charge in [0.25, 0.3) is 0 Å². The van der Waals surface area contributed by atoms with Crippen LogP contribution in [0.15, 0.2) is 37.2 Å². The SMILES string of the molecule is C=CC(=O)N1CCCC(n2cnc3cc(C)ccc32)CC1. The Bertz CT molecular complexity index is 674. The van der Waals surface area contributed by atoms with Crippen LogP contribution in [-0.2, 0) is 4.79 Å². The molecule has 2 aromatic rings. The second kappa shape index (κ2) is 5.72. The van der Waals surface area contributed by atoms with Crippen molar-refractivity contribution in [1.82, 2.24) is 14.5 Å². The normalized spacial score (nSPS) is 19.5. The molecule has 1 amide bonds. The van der Waals surface area contributed by atoms with Gasteiger partial charge in [0.2, 0.25) is 5.91 Å². The zero-order valence-corrected chi connectivity index (χ0v) is 12.5. The topological polar surface area (TPSA) is 38.1 Å². The first kappa shape index (κ1) is 13.9. The van der Waals surface area contributed by atoms with Crippen molar-refractivity contribution in [3.63, 3.8) is 0 Å². The number of nitrogens with zero attached hydrogens (tertiary/aromatic N) is 3. The van der Waals surface area contributed by atoms with E-state index in [9.17, 15) is 4.79 Å². The quantitative estimate of drug-likeness (QED) is 0.794. The minimum atomic E-state index is 0.0433. The maximum Gasteiger partial charge on any atom is 0.245 e. The number of hydrogen-bond donors (Lipinski definition) is 0. The van der Waals surface area contributed by atoms with Gasteiger partial charge in [0.15, 0.2) is 0 Å². The number of aromatic nitrogens is 2. The molecular weight excluding hydrogens is 262 g/mol. The summed E-state index contributed by atoms with van der Waals surface area (Å²) in [5.74, 6) is 0.0433. The van der Waals surface area contributed by atoms with Crippen LogP contribution in [0.2, 0.25) is 0 Å². The molecule has 0 bridgehead atoms. The smallest absolute Gasteiger partial charge is 0.245 e. The van der Waals surface area contributed by atoms with E-state index in [1.165, 1.54) is 17.2 Å². The predicted molar refractivity (Wildman–Crippen MR) is 84.1 cm³/mol. The molecule has 0 aliphatic carbocycles. The van der Waals surface area contributed by atoms with Crippen molar-refractivity contribution < 1.29 is 4.79 Å². The monoisotopic (exact) mass is 283 g/mol. The first-order valence-corrected chi connectivity index (χ1v) is 7.53. The van der Waals surface area contributed by atoms with Gasteiger partial charge in [-0.15, -0.1) is 0 Å². The average Bonchev–Trinajstić information content (AvgIpc) is 2.74. The molecule has 4 nitrogen and oxygen atoms in total. The molecule has 1 saturated heterocycles. The lowest BCUT2D eigenvalue weighted by molar-refractivity contribution is -0.125. The van der Waals surface area contributed by atoms with Crippen LogP contribution < -0.4 is 0 Å². The number of carbonyl (C=O) groups is 1. The van der Waals surface area contributed by atoms with Gasteiger partial charge in [0.1, 0.15) is 0 Å². The zero-order valence-electron chi connectivity index (χ0n) is 12.5. The molecule has 0 radical (unpaired) electrons. The second-order valence-corrected chi connectivity index (χ2v) is 5.76. The van der Waals surface area contributed by atoms with E-state index in [0.29, 0.717) is 6.04 Å². The Morgan fingerprint density at radius 2 is 2.24 bits per heavy atom. The molecule has 110 valence electrons. The van der Waals surface area contributed by atoms with Gasteiger partial charge >= 0.3 is 0 Å². The third kappa shape index (κ3) is 2.71. The van der Waals surface area contributed by atoms with Crippen LogP contribution in [0.4, 0.5) is 0 Å². The number of rotatable bonds is 2. The molecule has 0 spiro atoms. The third-order valence-electron chi connectivity index (χ3n) is 4.31. The standard InChI is InChI=1S/C17H21N3O/c1-3-17(21)19-9-4-5-14(8-10-19)20-12-18-15-11-13(2)6-7-16(15)20/h3,6-7,11-12,14H,1,4-5,8-10H2,2H3. The minimum absolute atomic E-state index is 0.0433. The van der Waals surface area contributed by atoms with Crippen molar-refractivity contribution in [2.24, 2.45) is 0 Å². The fourth-order valence-electron chi connectivity index (χ4n) is 3.14. The molecule has 1 aromatic carbocycles. The highest BCUT2D eigenvalue weighted by Gasteiger charge is 2.21. The van der Waals surface area contributed by atoms with Crippen molar-refractivity contribution in [3.05, 3.63) is 42.7 Å². The van der Waals surface area contributed by atoms with Gasteiger partial charge in [0, 0.05) is 19.1 Å². The van der Waals surface area contributed by atoms with Crippen LogP contribution in [0.25, 0.3) is 11.0 Å². The maximum absolute atomic E-state index is 11.8. The van der Waals surface area contributed by atoms with Gasteiger partial charge in [-0.3, -0.25) is 4.79 Å². The van der Waals surface area contributed by atoms with Gasteiger partial charge in [0.05, 0.1) is 17.4 Å². The lowest BCUT2D eigenvalue weighted by Gasteiger charge is -2.19. The molecule has 1 atom stereocenters. The molecule has 0 saturated carbocycles. The summed E-state index contributed by atoms with van der Waals surface area (Å²) in [5, 5.41) is 0. The van der Waals surface area contributed by atoms with E-state index in [-0.39, 0.29) is 5.91 Å². The van der Waals surface area contributed by atoms with Crippen LogP contribution >= 0.6 is 0 Å². The fourth-order valence-corrected chi connectivity index (χ4v) is 3.14. The summed E-state index contributed by atoms with van der Waals surface area (Å²) < 4.78 is 2.27. The van der Waals surface area contributed by atoms with Gasteiger partial charge in [-0.05, 0) is 50.0 Å². The zero-order chi connectivity index (χ0) is 14.8. The Morgan fingerprint density at radius 1 is 1.38 bits per heavy atom. The highest BCUT2D eigenvalue weighted by atomic mass is 16.2. The van der Waals surface area contributed by atoms with Crippen molar-refractivity contribution in [1.29, 1.82) is 0 Å². The lowest BCUT2D eigenvalue weighted by Crippen LogP contribution is -2.30. The highest BCUT2D eigenvalue weighted by molar-refractivity contribution is 5.87. The molecule has 0 N–H and O–H groups in total. The van der Waals surface area contributed by atoms with Crippen LogP contribution in [0.5, 0.6) is 0 Å². The molecule has 1 fully saturated rings. The molecule has 4 heteroatoms. The number of carbonyl (C=O) groups excluding carboxylic acids is 1. The summed E-state index contributed by atoms with van der Waals surface area (Å²) in [6, 6.07) is 6.82. The summed E-state index contributed by atoms with van der Waals surface area (Å²) in [7, 11) is 0. The van der Waals surface area contributed by atoms with E-state index in [4.69, 9.17) is 0 Å².